The molecule has 0 saturated carbocycles. The number of ether oxygens (including phenoxy) is 7. The average Bonchev–Trinajstić information content (AvgIpc) is 3.27. The predicted octanol–water partition coefficient (Wildman–Crippen LogP) is -6.83. The number of carbonyl (C=O) groups is 2. The van der Waals surface area contributed by atoms with Gasteiger partial charge in [-0.05, 0) is 20.3 Å². The van der Waals surface area contributed by atoms with Crippen molar-refractivity contribution >= 4 is 28.5 Å². The molecule has 1 aromatic heterocycles. The summed E-state index contributed by atoms with van der Waals surface area (Å²) in [4.78, 5) is 25.6. The molecule has 2 aromatic rings. The summed E-state index contributed by atoms with van der Waals surface area (Å²) in [6.07, 6.45) is -17.7. The predicted molar refractivity (Wildman–Crippen MR) is 213 cm³/mol. The van der Waals surface area contributed by atoms with Crippen molar-refractivity contribution in [2.75, 3.05) is 45.1 Å². The first-order valence-electron chi connectivity index (χ1n) is 20.9. The quantitative estimate of drug-likeness (QED) is 0.0409. The van der Waals surface area contributed by atoms with Crippen molar-refractivity contribution < 1.29 is 105 Å². The molecule has 3 aliphatic rings. The zero-order valence-corrected chi connectivity index (χ0v) is 35.7. The average molecular weight is 921 g/mol. The maximum atomic E-state index is 14.1. The largest absolute Gasteiger partial charge is 0.479 e. The van der Waals surface area contributed by atoms with Crippen LogP contribution in [0.1, 0.15) is 27.2 Å². The Balaban J connectivity index is 1.35. The van der Waals surface area contributed by atoms with Gasteiger partial charge in [-0.1, -0.05) is 31.2 Å². The van der Waals surface area contributed by atoms with E-state index in [2.05, 4.69) is 32.5 Å². The number of aliphatic carboxylic acids is 1. The Hall–Kier alpha value is -3.42. The summed E-state index contributed by atoms with van der Waals surface area (Å²) in [6.45, 7) is 0.842. The van der Waals surface area contributed by atoms with Crippen LogP contribution in [0.2, 0.25) is 0 Å². The van der Waals surface area contributed by atoms with Crippen LogP contribution in [0.4, 0.5) is 5.82 Å². The minimum Gasteiger partial charge on any atom is -0.479 e. The van der Waals surface area contributed by atoms with Gasteiger partial charge in [0.15, 0.2) is 24.5 Å². The molecule has 3 fully saturated rings. The maximum Gasteiger partial charge on any atom is 0.335 e. The summed E-state index contributed by atoms with van der Waals surface area (Å²) in [5, 5.41) is 115. The van der Waals surface area contributed by atoms with E-state index in [9.17, 15) is 60.7 Å². The van der Waals surface area contributed by atoms with Crippen LogP contribution in [0, 0.1) is 17.8 Å². The Morgan fingerprint density at radius 1 is 0.859 bits per heavy atom. The monoisotopic (exact) mass is 920 g/mol. The van der Waals surface area contributed by atoms with E-state index in [1.807, 2.05) is 0 Å². The third-order valence-electron chi connectivity index (χ3n) is 11.9. The van der Waals surface area contributed by atoms with Crippen molar-refractivity contribution in [2.45, 2.75) is 125 Å². The highest BCUT2D eigenvalue weighted by molar-refractivity contribution is 5.92. The number of aromatic nitrogens is 2. The van der Waals surface area contributed by atoms with Crippen LogP contribution in [0.3, 0.4) is 0 Å². The summed E-state index contributed by atoms with van der Waals surface area (Å²) in [6, 6.07) is 5.19. The highest BCUT2D eigenvalue weighted by Gasteiger charge is 2.54. The SMILES string of the molecule is CCC(O)C(OCC1C([NH3+])C(OCC2C(C(=O)NNc3nncc4ccccc34)OC(OCC3C([NH3+])C(C(C)(C)O)OC(CO)C3O)C(O)C2O)OC(CO)C1O)OC(CO)C(=O)O. The summed E-state index contributed by atoms with van der Waals surface area (Å²) in [7, 11) is 0. The summed E-state index contributed by atoms with van der Waals surface area (Å²) in [5.74, 6) is -5.58. The molecule has 18 unspecified atom stereocenters. The van der Waals surface area contributed by atoms with E-state index in [1.165, 1.54) is 20.0 Å². The van der Waals surface area contributed by atoms with Crippen molar-refractivity contribution in [2.24, 2.45) is 17.8 Å². The second-order valence-corrected chi connectivity index (χ2v) is 16.7. The molecule has 4 heterocycles. The molecule has 1 amide bonds. The minimum absolute atomic E-state index is 0.0568. The first kappa shape index (κ1) is 51.6. The Kier molecular flexibility index (Phi) is 18.4. The number of nitrogens with one attached hydrogen (secondary N) is 2. The van der Waals surface area contributed by atoms with Crippen LogP contribution in [0.15, 0.2) is 30.5 Å². The molecule has 18 N–H and O–H groups in total. The van der Waals surface area contributed by atoms with E-state index in [1.54, 1.807) is 31.2 Å². The molecule has 25 nitrogen and oxygen atoms in total. The van der Waals surface area contributed by atoms with Gasteiger partial charge < -0.3 is 95.7 Å². The second kappa shape index (κ2) is 22.9. The van der Waals surface area contributed by atoms with Gasteiger partial charge in [-0.2, -0.15) is 5.10 Å². The Morgan fingerprint density at radius 3 is 2.11 bits per heavy atom. The van der Waals surface area contributed by atoms with E-state index < -0.39 is 167 Å². The van der Waals surface area contributed by atoms with Gasteiger partial charge in [0.1, 0.15) is 48.7 Å². The van der Waals surface area contributed by atoms with Crippen molar-refractivity contribution in [3.8, 4) is 0 Å². The molecule has 0 spiro atoms. The molecule has 64 heavy (non-hydrogen) atoms. The second-order valence-electron chi connectivity index (χ2n) is 16.7. The van der Waals surface area contributed by atoms with Crippen molar-refractivity contribution in [3.63, 3.8) is 0 Å². The zero-order chi connectivity index (χ0) is 47.0. The topological polar surface area (TPSA) is 406 Å². The molecule has 0 radical (unpaired) electrons. The number of aliphatic hydroxyl groups is 9. The summed E-state index contributed by atoms with van der Waals surface area (Å²) < 4.78 is 40.7. The normalized spacial score (nSPS) is 35.1. The lowest BCUT2D eigenvalue weighted by molar-refractivity contribution is -0.501. The van der Waals surface area contributed by atoms with E-state index in [0.29, 0.717) is 10.8 Å². The molecule has 0 aliphatic carbocycles. The maximum absolute atomic E-state index is 14.1. The van der Waals surface area contributed by atoms with Crippen LogP contribution in [0.25, 0.3) is 10.8 Å². The number of fused-ring (bicyclic) bond motifs is 1. The number of carboxylic acids is 1. The fraction of sp³-hybridized carbons (Fsp3) is 0.744. The Morgan fingerprint density at radius 2 is 1.48 bits per heavy atom. The number of carbonyl (C=O) groups excluding carboxylic acids is 1. The highest BCUT2D eigenvalue weighted by atomic mass is 16.7. The van der Waals surface area contributed by atoms with Crippen LogP contribution in [-0.2, 0) is 42.7 Å². The number of hydrogen-bond donors (Lipinski definition) is 14. The lowest BCUT2D eigenvalue weighted by Gasteiger charge is -2.46. The minimum atomic E-state index is -1.85. The third-order valence-corrected chi connectivity index (χ3v) is 11.9. The molecule has 3 saturated heterocycles. The summed E-state index contributed by atoms with van der Waals surface area (Å²) >= 11 is 0. The molecule has 18 atom stereocenters. The van der Waals surface area contributed by atoms with Gasteiger partial charge in [-0.15, -0.1) is 5.10 Å². The zero-order valence-electron chi connectivity index (χ0n) is 35.7. The van der Waals surface area contributed by atoms with Crippen LogP contribution in [0.5, 0.6) is 0 Å². The first-order chi connectivity index (χ1) is 30.4. The number of carboxylic acid groups (broad SMARTS) is 1. The van der Waals surface area contributed by atoms with Crippen LogP contribution in [-0.4, -0.2) is 210 Å². The Labute approximate surface area is 367 Å². The van der Waals surface area contributed by atoms with Gasteiger partial charge in [0, 0.05) is 16.7 Å². The molecular weight excluding hydrogens is 856 g/mol. The van der Waals surface area contributed by atoms with Gasteiger partial charge in [0.25, 0.3) is 5.91 Å². The molecule has 3 aliphatic heterocycles. The van der Waals surface area contributed by atoms with Gasteiger partial charge in [0.2, 0.25) is 6.29 Å². The van der Waals surface area contributed by atoms with Gasteiger partial charge in [0.05, 0.1) is 81.6 Å². The molecule has 5 rings (SSSR count). The van der Waals surface area contributed by atoms with Crippen molar-refractivity contribution in [1.29, 1.82) is 0 Å². The summed E-state index contributed by atoms with van der Waals surface area (Å²) in [5.41, 5.74) is 11.9. The number of quaternary nitrogens is 2. The Bertz CT molecular complexity index is 1790. The molecule has 25 heteroatoms. The number of anilines is 1. The van der Waals surface area contributed by atoms with Crippen molar-refractivity contribution in [1.82, 2.24) is 15.6 Å². The van der Waals surface area contributed by atoms with E-state index in [0.717, 1.165) is 0 Å². The molecule has 362 valence electrons. The lowest BCUT2D eigenvalue weighted by atomic mass is 9.80. The van der Waals surface area contributed by atoms with Crippen LogP contribution >= 0.6 is 0 Å². The number of rotatable bonds is 21. The highest BCUT2D eigenvalue weighted by Crippen LogP contribution is 2.34. The number of nitrogens with zero attached hydrogens (tertiary/aromatic N) is 2. The number of hydrazine groups is 1. The number of aliphatic hydroxyl groups excluding tert-OH is 8. The molecular formula is C39H64N6O19+2. The first-order valence-corrected chi connectivity index (χ1v) is 20.9. The van der Waals surface area contributed by atoms with Gasteiger partial charge >= 0.3 is 5.97 Å². The van der Waals surface area contributed by atoms with E-state index in [-0.39, 0.29) is 12.2 Å². The number of hydrogen-bond acceptors (Lipinski definition) is 21. The lowest BCUT2D eigenvalue weighted by Crippen LogP contribution is -2.79. The van der Waals surface area contributed by atoms with E-state index in [4.69, 9.17) is 33.2 Å². The number of benzene rings is 1. The smallest absolute Gasteiger partial charge is 0.335 e. The standard InChI is InChI=1S/C39H62N6O19/c1-4-21(49)36(63-24(12-48)35(55)56)58-14-19-26(41)37(62-23(11-47)28(19)51)59-15-20-29(52)30(53)38(60-13-18-25(40)32(39(2,3)57)61-22(10-46)27(18)50)64-31(20)34(54)45-44-33-17-8-6-5-7-16(17)9-42-43-33/h5-9,18-32,36-38,46-53,57H,4,10-15,40-41H2,1-3H3,(H,43,44)(H,45,54)(H,55,56)/p+2. The third kappa shape index (κ3) is 11.9. The van der Waals surface area contributed by atoms with Crippen molar-refractivity contribution in [3.05, 3.63) is 30.5 Å². The fourth-order valence-electron chi connectivity index (χ4n) is 8.01. The fourth-order valence-corrected chi connectivity index (χ4v) is 8.01. The van der Waals surface area contributed by atoms with Crippen LogP contribution < -0.4 is 22.3 Å². The molecule has 0 bridgehead atoms. The van der Waals surface area contributed by atoms with Gasteiger partial charge in [-0.25, -0.2) is 4.79 Å². The van der Waals surface area contributed by atoms with Gasteiger partial charge in [-0.3, -0.25) is 15.6 Å². The number of amides is 1. The molecule has 1 aromatic carbocycles. The van der Waals surface area contributed by atoms with E-state index >= 15 is 0 Å².